The molecular formula is C14H17N3. The molecule has 0 saturated carbocycles. The van der Waals surface area contributed by atoms with Gasteiger partial charge in [-0.15, -0.1) is 0 Å². The summed E-state index contributed by atoms with van der Waals surface area (Å²) in [4.78, 5) is 0. The molecule has 1 atom stereocenters. The fourth-order valence-electron chi connectivity index (χ4n) is 2.60. The van der Waals surface area contributed by atoms with Crippen LogP contribution in [0.4, 0.5) is 0 Å². The van der Waals surface area contributed by atoms with Crippen molar-refractivity contribution in [1.82, 2.24) is 15.1 Å². The van der Waals surface area contributed by atoms with E-state index in [1.807, 2.05) is 17.9 Å². The van der Waals surface area contributed by atoms with Gasteiger partial charge in [0.2, 0.25) is 0 Å². The fourth-order valence-corrected chi connectivity index (χ4v) is 2.60. The third kappa shape index (κ3) is 1.76. The predicted octanol–water partition coefficient (Wildman–Crippen LogP) is 2.39. The Morgan fingerprint density at radius 2 is 2.29 bits per heavy atom. The minimum Gasteiger partial charge on any atom is -0.313 e. The predicted molar refractivity (Wildman–Crippen MR) is 68.4 cm³/mol. The summed E-state index contributed by atoms with van der Waals surface area (Å²) < 4.78 is 1.95. The average molecular weight is 227 g/mol. The molecule has 0 spiro atoms. The molecule has 1 aromatic heterocycles. The lowest BCUT2D eigenvalue weighted by Crippen LogP contribution is -2.12. The van der Waals surface area contributed by atoms with Crippen molar-refractivity contribution in [3.05, 3.63) is 47.3 Å². The molecular weight excluding hydrogens is 210 g/mol. The Hall–Kier alpha value is -1.61. The molecule has 0 radical (unpaired) electrons. The molecule has 88 valence electrons. The lowest BCUT2D eigenvalue weighted by atomic mass is 10.1. The highest BCUT2D eigenvalue weighted by molar-refractivity contribution is 5.44. The number of nitrogens with one attached hydrogen (secondary N) is 1. The molecule has 1 unspecified atom stereocenters. The Labute approximate surface area is 101 Å². The van der Waals surface area contributed by atoms with Crippen molar-refractivity contribution in [3.8, 4) is 5.69 Å². The molecule has 0 amide bonds. The van der Waals surface area contributed by atoms with E-state index in [2.05, 4.69) is 41.7 Å². The van der Waals surface area contributed by atoms with Gasteiger partial charge in [0.1, 0.15) is 0 Å². The molecule has 1 heterocycles. The third-order valence-corrected chi connectivity index (χ3v) is 3.53. The standard InChI is InChI=1S/C14H17N3/c1-10-8-16-17(9-10)12-4-5-13-11(7-12)3-6-14(13)15-2/h4-5,7-9,14-15H,3,6H2,1-2H3. The van der Waals surface area contributed by atoms with Gasteiger partial charge in [0.05, 0.1) is 11.9 Å². The van der Waals surface area contributed by atoms with Crippen molar-refractivity contribution in [2.75, 3.05) is 7.05 Å². The molecule has 0 aliphatic heterocycles. The van der Waals surface area contributed by atoms with E-state index < -0.39 is 0 Å². The van der Waals surface area contributed by atoms with Crippen molar-refractivity contribution in [1.29, 1.82) is 0 Å². The van der Waals surface area contributed by atoms with Crippen LogP contribution in [0.15, 0.2) is 30.6 Å². The van der Waals surface area contributed by atoms with Crippen LogP contribution in [0.1, 0.15) is 29.2 Å². The van der Waals surface area contributed by atoms with E-state index in [1.54, 1.807) is 0 Å². The van der Waals surface area contributed by atoms with Gasteiger partial charge in [-0.2, -0.15) is 5.10 Å². The Morgan fingerprint density at radius 3 is 3.00 bits per heavy atom. The Kier molecular flexibility index (Phi) is 2.48. The minimum absolute atomic E-state index is 0.526. The van der Waals surface area contributed by atoms with Gasteiger partial charge < -0.3 is 5.32 Å². The lowest BCUT2D eigenvalue weighted by molar-refractivity contribution is 0.590. The van der Waals surface area contributed by atoms with Crippen LogP contribution in [0.2, 0.25) is 0 Å². The largest absolute Gasteiger partial charge is 0.313 e. The van der Waals surface area contributed by atoms with Crippen LogP contribution < -0.4 is 5.32 Å². The molecule has 1 aliphatic rings. The molecule has 3 heteroatoms. The second kappa shape index (κ2) is 4.00. The molecule has 1 aromatic carbocycles. The molecule has 3 rings (SSSR count). The first-order valence-electron chi connectivity index (χ1n) is 6.09. The van der Waals surface area contributed by atoms with Crippen molar-refractivity contribution in [2.24, 2.45) is 0 Å². The van der Waals surface area contributed by atoms with Gasteiger partial charge in [0.15, 0.2) is 0 Å². The van der Waals surface area contributed by atoms with Crippen molar-refractivity contribution < 1.29 is 0 Å². The number of aromatic nitrogens is 2. The monoisotopic (exact) mass is 227 g/mol. The summed E-state index contributed by atoms with van der Waals surface area (Å²) >= 11 is 0. The number of rotatable bonds is 2. The number of hydrogen-bond donors (Lipinski definition) is 1. The molecule has 1 aliphatic carbocycles. The van der Waals surface area contributed by atoms with Gasteiger partial charge in [-0.05, 0) is 55.6 Å². The van der Waals surface area contributed by atoms with Crippen LogP contribution in [-0.2, 0) is 6.42 Å². The molecule has 2 aromatic rings. The summed E-state index contributed by atoms with van der Waals surface area (Å²) in [6.45, 7) is 2.06. The average Bonchev–Trinajstić information content (AvgIpc) is 2.94. The molecule has 17 heavy (non-hydrogen) atoms. The topological polar surface area (TPSA) is 29.9 Å². The first kappa shape index (κ1) is 10.5. The van der Waals surface area contributed by atoms with Crippen LogP contribution >= 0.6 is 0 Å². The van der Waals surface area contributed by atoms with Crippen LogP contribution in [0.3, 0.4) is 0 Å². The van der Waals surface area contributed by atoms with Gasteiger partial charge >= 0.3 is 0 Å². The number of benzene rings is 1. The third-order valence-electron chi connectivity index (χ3n) is 3.53. The quantitative estimate of drug-likeness (QED) is 0.853. The summed E-state index contributed by atoms with van der Waals surface area (Å²) in [5.41, 5.74) is 5.25. The first-order chi connectivity index (χ1) is 8.28. The Bertz CT molecular complexity index is 542. The summed E-state index contributed by atoms with van der Waals surface area (Å²) in [5.74, 6) is 0. The summed E-state index contributed by atoms with van der Waals surface area (Å²) in [7, 11) is 2.03. The summed E-state index contributed by atoms with van der Waals surface area (Å²) in [6.07, 6.45) is 6.32. The maximum atomic E-state index is 4.35. The first-order valence-corrected chi connectivity index (χ1v) is 6.09. The van der Waals surface area contributed by atoms with Crippen LogP contribution in [0.25, 0.3) is 5.69 Å². The lowest BCUT2D eigenvalue weighted by Gasteiger charge is -2.10. The van der Waals surface area contributed by atoms with E-state index in [0.29, 0.717) is 6.04 Å². The number of nitrogens with zero attached hydrogens (tertiary/aromatic N) is 2. The molecule has 0 bridgehead atoms. The zero-order valence-electron chi connectivity index (χ0n) is 10.3. The summed E-state index contributed by atoms with van der Waals surface area (Å²) in [6, 6.07) is 7.18. The van der Waals surface area contributed by atoms with E-state index in [9.17, 15) is 0 Å². The molecule has 1 N–H and O–H groups in total. The zero-order valence-corrected chi connectivity index (χ0v) is 10.3. The minimum atomic E-state index is 0.526. The Balaban J connectivity index is 2.00. The molecule has 0 saturated heterocycles. The highest BCUT2D eigenvalue weighted by atomic mass is 15.3. The van der Waals surface area contributed by atoms with Crippen LogP contribution in [-0.4, -0.2) is 16.8 Å². The zero-order chi connectivity index (χ0) is 11.8. The smallest absolute Gasteiger partial charge is 0.0648 e. The SMILES string of the molecule is CNC1CCc2cc(-n3cc(C)cn3)ccc21. The van der Waals surface area contributed by atoms with Crippen LogP contribution in [0, 0.1) is 6.92 Å². The van der Waals surface area contributed by atoms with E-state index >= 15 is 0 Å². The highest BCUT2D eigenvalue weighted by Gasteiger charge is 2.21. The summed E-state index contributed by atoms with van der Waals surface area (Å²) in [5, 5.41) is 7.71. The van der Waals surface area contributed by atoms with E-state index in [0.717, 1.165) is 12.1 Å². The number of aryl methyl sites for hydroxylation is 2. The van der Waals surface area contributed by atoms with Crippen molar-refractivity contribution in [2.45, 2.75) is 25.8 Å². The molecule has 3 nitrogen and oxygen atoms in total. The Morgan fingerprint density at radius 1 is 1.41 bits per heavy atom. The van der Waals surface area contributed by atoms with Gasteiger partial charge in [-0.25, -0.2) is 4.68 Å². The number of hydrogen-bond acceptors (Lipinski definition) is 2. The van der Waals surface area contributed by atoms with E-state index in [1.165, 1.54) is 23.1 Å². The van der Waals surface area contributed by atoms with Crippen LogP contribution in [0.5, 0.6) is 0 Å². The van der Waals surface area contributed by atoms with E-state index in [4.69, 9.17) is 0 Å². The second-order valence-corrected chi connectivity index (χ2v) is 4.73. The van der Waals surface area contributed by atoms with Gasteiger partial charge in [-0.1, -0.05) is 6.07 Å². The van der Waals surface area contributed by atoms with Gasteiger partial charge in [0.25, 0.3) is 0 Å². The van der Waals surface area contributed by atoms with E-state index in [-0.39, 0.29) is 0 Å². The van der Waals surface area contributed by atoms with Gasteiger partial charge in [-0.3, -0.25) is 0 Å². The second-order valence-electron chi connectivity index (χ2n) is 4.73. The fraction of sp³-hybridized carbons (Fsp3) is 0.357. The molecule has 0 fully saturated rings. The highest BCUT2D eigenvalue weighted by Crippen LogP contribution is 2.31. The van der Waals surface area contributed by atoms with Crippen molar-refractivity contribution in [3.63, 3.8) is 0 Å². The number of fused-ring (bicyclic) bond motifs is 1. The normalized spacial score (nSPS) is 18.4. The van der Waals surface area contributed by atoms with Gasteiger partial charge in [0, 0.05) is 12.2 Å². The maximum Gasteiger partial charge on any atom is 0.0648 e. The maximum absolute atomic E-state index is 4.35. The van der Waals surface area contributed by atoms with Crippen molar-refractivity contribution >= 4 is 0 Å².